The lowest BCUT2D eigenvalue weighted by Gasteiger charge is -2.22. The Labute approximate surface area is 200 Å². The van der Waals surface area contributed by atoms with Gasteiger partial charge >= 0.3 is 5.97 Å². The van der Waals surface area contributed by atoms with E-state index in [2.05, 4.69) is 13.8 Å². The third-order valence-electron chi connectivity index (χ3n) is 5.78. The highest BCUT2D eigenvalue weighted by Crippen LogP contribution is 2.48. The van der Waals surface area contributed by atoms with Crippen molar-refractivity contribution < 1.29 is 29.2 Å². The molecule has 0 aliphatic carbocycles. The van der Waals surface area contributed by atoms with Crippen LogP contribution in [-0.4, -0.2) is 36.0 Å². The van der Waals surface area contributed by atoms with E-state index in [1.165, 1.54) is 44.9 Å². The summed E-state index contributed by atoms with van der Waals surface area (Å²) in [4.78, 5) is 12.1. The fourth-order valence-electron chi connectivity index (χ4n) is 3.94. The molecule has 0 saturated heterocycles. The molecule has 190 valence electrons. The van der Waals surface area contributed by atoms with Crippen LogP contribution in [0.3, 0.4) is 0 Å². The van der Waals surface area contributed by atoms with Gasteiger partial charge in [0.2, 0.25) is 0 Å². The third-order valence-corrected chi connectivity index (χ3v) is 5.78. The van der Waals surface area contributed by atoms with Crippen LogP contribution < -0.4 is 14.2 Å². The molecule has 1 rings (SSSR count). The van der Waals surface area contributed by atoms with Crippen LogP contribution in [0, 0.1) is 0 Å². The minimum Gasteiger partial charge on any atom is -0.504 e. The minimum absolute atomic E-state index is 0.125. The molecule has 1 aromatic carbocycles. The van der Waals surface area contributed by atoms with Crippen molar-refractivity contribution in [3.05, 3.63) is 11.1 Å². The summed E-state index contributed by atoms with van der Waals surface area (Å²) < 4.78 is 17.8. The maximum atomic E-state index is 12.1. The SMILES string of the molecule is CCCCCCCCOc1c(CC)c(OCC)c(O)c(C(=O)O)c1OCCCCCCCC. The van der Waals surface area contributed by atoms with Crippen LogP contribution in [-0.2, 0) is 6.42 Å². The zero-order chi connectivity index (χ0) is 24.5. The Balaban J connectivity index is 3.06. The molecular weight excluding hydrogens is 420 g/mol. The van der Waals surface area contributed by atoms with Crippen molar-refractivity contribution in [2.24, 2.45) is 0 Å². The Bertz CT molecular complexity index is 686. The first-order valence-electron chi connectivity index (χ1n) is 13.1. The van der Waals surface area contributed by atoms with Crippen molar-refractivity contribution in [2.45, 2.75) is 111 Å². The highest BCUT2D eigenvalue weighted by Gasteiger charge is 2.30. The number of benzene rings is 1. The van der Waals surface area contributed by atoms with Gasteiger partial charge in [-0.3, -0.25) is 0 Å². The van der Waals surface area contributed by atoms with Gasteiger partial charge in [-0.25, -0.2) is 4.79 Å². The van der Waals surface area contributed by atoms with Gasteiger partial charge in [-0.05, 0) is 26.2 Å². The average Bonchev–Trinajstić information content (AvgIpc) is 2.79. The molecule has 0 fully saturated rings. The molecule has 0 atom stereocenters. The zero-order valence-electron chi connectivity index (χ0n) is 21.3. The van der Waals surface area contributed by atoms with Gasteiger partial charge < -0.3 is 24.4 Å². The quantitative estimate of drug-likeness (QED) is 0.193. The van der Waals surface area contributed by atoms with E-state index in [0.717, 1.165) is 32.1 Å². The van der Waals surface area contributed by atoms with E-state index in [1.807, 2.05) is 6.92 Å². The van der Waals surface area contributed by atoms with Gasteiger partial charge in [0.1, 0.15) is 0 Å². The molecule has 0 aliphatic heterocycles. The number of hydrogen-bond donors (Lipinski definition) is 2. The molecule has 6 heteroatoms. The number of carboxylic acids is 1. The van der Waals surface area contributed by atoms with Gasteiger partial charge in [0.15, 0.2) is 28.6 Å². The van der Waals surface area contributed by atoms with E-state index in [1.54, 1.807) is 6.92 Å². The number of carbonyl (C=O) groups is 1. The second-order valence-corrected chi connectivity index (χ2v) is 8.51. The maximum absolute atomic E-state index is 12.1. The van der Waals surface area contributed by atoms with Crippen LogP contribution in [0.25, 0.3) is 0 Å². The number of aromatic hydroxyl groups is 1. The first kappa shape index (κ1) is 28.9. The maximum Gasteiger partial charge on any atom is 0.343 e. The predicted octanol–water partition coefficient (Wildman–Crippen LogP) is 7.53. The van der Waals surface area contributed by atoms with Crippen molar-refractivity contribution in [1.29, 1.82) is 0 Å². The Morgan fingerprint density at radius 2 is 1.15 bits per heavy atom. The van der Waals surface area contributed by atoms with Gasteiger partial charge in [0.05, 0.1) is 19.8 Å². The topological polar surface area (TPSA) is 85.2 Å². The first-order valence-corrected chi connectivity index (χ1v) is 13.1. The van der Waals surface area contributed by atoms with E-state index in [9.17, 15) is 15.0 Å². The summed E-state index contributed by atoms with van der Waals surface area (Å²) >= 11 is 0. The van der Waals surface area contributed by atoms with Crippen LogP contribution >= 0.6 is 0 Å². The molecule has 0 heterocycles. The van der Waals surface area contributed by atoms with Crippen molar-refractivity contribution >= 4 is 5.97 Å². The van der Waals surface area contributed by atoms with E-state index >= 15 is 0 Å². The van der Waals surface area contributed by atoms with Crippen molar-refractivity contribution in [1.82, 2.24) is 0 Å². The average molecular weight is 467 g/mol. The van der Waals surface area contributed by atoms with Gasteiger partial charge in [0.25, 0.3) is 0 Å². The summed E-state index contributed by atoms with van der Waals surface area (Å²) in [5.74, 6) is -0.928. The molecule has 33 heavy (non-hydrogen) atoms. The highest BCUT2D eigenvalue weighted by atomic mass is 16.5. The molecule has 0 radical (unpaired) electrons. The molecule has 0 unspecified atom stereocenters. The summed E-state index contributed by atoms with van der Waals surface area (Å²) in [5, 5.41) is 20.6. The van der Waals surface area contributed by atoms with E-state index < -0.39 is 5.97 Å². The van der Waals surface area contributed by atoms with Gasteiger partial charge in [-0.1, -0.05) is 85.0 Å². The minimum atomic E-state index is -1.25. The molecule has 0 bridgehead atoms. The van der Waals surface area contributed by atoms with Crippen molar-refractivity contribution in [2.75, 3.05) is 19.8 Å². The molecule has 6 nitrogen and oxygen atoms in total. The standard InChI is InChI=1S/C27H46O6/c1-5-9-11-13-15-17-19-32-25-21(7-3)24(31-8-4)23(28)22(27(29)30)26(25)33-20-18-16-14-12-10-6-2/h28H,5-20H2,1-4H3,(H,29,30). The molecule has 0 spiro atoms. The second kappa shape index (κ2) is 17.4. The lowest BCUT2D eigenvalue weighted by atomic mass is 10.0. The van der Waals surface area contributed by atoms with Crippen LogP contribution in [0.2, 0.25) is 0 Å². The number of phenols is 1. The lowest BCUT2D eigenvalue weighted by molar-refractivity contribution is 0.0686. The second-order valence-electron chi connectivity index (χ2n) is 8.51. The third kappa shape index (κ3) is 9.73. The predicted molar refractivity (Wildman–Crippen MR) is 133 cm³/mol. The van der Waals surface area contributed by atoms with Crippen LogP contribution in [0.5, 0.6) is 23.0 Å². The van der Waals surface area contributed by atoms with Crippen molar-refractivity contribution in [3.63, 3.8) is 0 Å². The molecule has 0 amide bonds. The van der Waals surface area contributed by atoms with Crippen LogP contribution in [0.15, 0.2) is 0 Å². The first-order chi connectivity index (χ1) is 16.0. The highest BCUT2D eigenvalue weighted by molar-refractivity contribution is 5.97. The fourth-order valence-corrected chi connectivity index (χ4v) is 3.94. The smallest absolute Gasteiger partial charge is 0.343 e. The molecule has 0 saturated carbocycles. The van der Waals surface area contributed by atoms with E-state index in [0.29, 0.717) is 37.6 Å². The number of unbranched alkanes of at least 4 members (excludes halogenated alkanes) is 10. The fraction of sp³-hybridized carbons (Fsp3) is 0.741. The lowest BCUT2D eigenvalue weighted by Crippen LogP contribution is -2.12. The monoisotopic (exact) mass is 466 g/mol. The van der Waals surface area contributed by atoms with Gasteiger partial charge in [-0.15, -0.1) is 0 Å². The molecule has 0 aromatic heterocycles. The summed E-state index contributed by atoms with van der Waals surface area (Å²) in [6, 6.07) is 0. The number of carboxylic acid groups (broad SMARTS) is 1. The number of hydrogen-bond acceptors (Lipinski definition) is 5. The van der Waals surface area contributed by atoms with Crippen LogP contribution in [0.1, 0.15) is 121 Å². The Kier molecular flexibility index (Phi) is 15.2. The van der Waals surface area contributed by atoms with E-state index in [-0.39, 0.29) is 22.8 Å². The number of ether oxygens (including phenoxy) is 3. The molecule has 2 N–H and O–H groups in total. The van der Waals surface area contributed by atoms with Gasteiger partial charge in [-0.2, -0.15) is 0 Å². The number of aromatic carboxylic acids is 1. The summed E-state index contributed by atoms with van der Waals surface area (Å²) in [6.45, 7) is 9.30. The Morgan fingerprint density at radius 1 is 0.667 bits per heavy atom. The molecular formula is C27H46O6. The summed E-state index contributed by atoms with van der Waals surface area (Å²) in [6.07, 6.45) is 13.9. The van der Waals surface area contributed by atoms with Gasteiger partial charge in [0, 0.05) is 5.56 Å². The normalized spacial score (nSPS) is 10.9. The Hall–Kier alpha value is -2.11. The summed E-state index contributed by atoms with van der Waals surface area (Å²) in [7, 11) is 0. The molecule has 0 aliphatic rings. The van der Waals surface area contributed by atoms with E-state index in [4.69, 9.17) is 14.2 Å². The van der Waals surface area contributed by atoms with Crippen LogP contribution in [0.4, 0.5) is 0 Å². The Morgan fingerprint density at radius 3 is 1.61 bits per heavy atom. The number of rotatable bonds is 20. The zero-order valence-corrected chi connectivity index (χ0v) is 21.3. The largest absolute Gasteiger partial charge is 0.504 e. The van der Waals surface area contributed by atoms with Crippen molar-refractivity contribution in [3.8, 4) is 23.0 Å². The molecule has 1 aromatic rings. The summed E-state index contributed by atoms with van der Waals surface area (Å²) in [5.41, 5.74) is 0.378.